The second-order valence-corrected chi connectivity index (χ2v) is 9.28. The van der Waals surface area contributed by atoms with Crippen molar-refractivity contribution in [3.05, 3.63) is 38.4 Å². The first kappa shape index (κ1) is 19.2. The molecule has 1 atom stereocenters. The molecule has 2 aromatic heterocycles. The summed E-state index contributed by atoms with van der Waals surface area (Å²) in [5.41, 5.74) is 3.75. The van der Waals surface area contributed by atoms with Crippen LogP contribution in [0, 0.1) is 30.6 Å². The Balaban J connectivity index is 1.48. The van der Waals surface area contributed by atoms with E-state index in [-0.39, 0.29) is 5.91 Å². The number of nitriles is 1. The molecule has 0 N–H and O–H groups in total. The highest BCUT2D eigenvalue weighted by molar-refractivity contribution is 7.10. The lowest BCUT2D eigenvalue weighted by molar-refractivity contribution is 0.0628. The van der Waals surface area contributed by atoms with Crippen molar-refractivity contribution in [2.24, 2.45) is 5.41 Å². The van der Waals surface area contributed by atoms with Crippen LogP contribution in [-0.4, -0.2) is 40.5 Å². The molecule has 0 aromatic carbocycles. The molecule has 2 aliphatic heterocycles. The molecule has 148 valence electrons. The van der Waals surface area contributed by atoms with Crippen molar-refractivity contribution in [3.63, 3.8) is 0 Å². The lowest BCUT2D eigenvalue weighted by Gasteiger charge is -2.36. The highest BCUT2D eigenvalue weighted by atomic mass is 32.1. The third kappa shape index (κ3) is 3.47. The maximum absolute atomic E-state index is 13.2. The molecule has 0 radical (unpaired) electrons. The molecule has 0 bridgehead atoms. The zero-order valence-electron chi connectivity index (χ0n) is 16.7. The summed E-state index contributed by atoms with van der Waals surface area (Å²) in [4.78, 5) is 18.7. The minimum atomic E-state index is -0.421. The molecule has 1 amide bonds. The molecule has 1 saturated heterocycles. The number of carbonyl (C=O) groups is 1. The monoisotopic (exact) mass is 398 g/mol. The van der Waals surface area contributed by atoms with Crippen LogP contribution in [0.4, 0.5) is 0 Å². The Kier molecular flexibility index (Phi) is 5.02. The van der Waals surface area contributed by atoms with E-state index in [2.05, 4.69) is 16.1 Å². The molecule has 4 heterocycles. The van der Waals surface area contributed by atoms with Crippen molar-refractivity contribution >= 4 is 17.2 Å². The molecular formula is C21H26N4O2S. The smallest absolute Gasteiger partial charge is 0.255 e. The summed E-state index contributed by atoms with van der Waals surface area (Å²) in [6.45, 7) is 9.79. The first-order valence-corrected chi connectivity index (χ1v) is 10.7. The van der Waals surface area contributed by atoms with Crippen LogP contribution < -0.4 is 0 Å². The van der Waals surface area contributed by atoms with Crippen LogP contribution in [0.25, 0.3) is 0 Å². The zero-order chi connectivity index (χ0) is 19.9. The molecule has 2 aliphatic rings. The zero-order valence-corrected chi connectivity index (χ0v) is 17.6. The molecule has 2 aromatic rings. The van der Waals surface area contributed by atoms with Crippen molar-refractivity contribution in [3.8, 4) is 6.07 Å². The van der Waals surface area contributed by atoms with E-state index in [1.54, 1.807) is 11.3 Å². The number of nitrogens with zero attached hydrogens (tertiary/aromatic N) is 4. The van der Waals surface area contributed by atoms with Crippen molar-refractivity contribution in [1.82, 2.24) is 15.0 Å². The van der Waals surface area contributed by atoms with Gasteiger partial charge in [0.2, 0.25) is 0 Å². The Bertz CT molecular complexity index is 921. The lowest BCUT2D eigenvalue weighted by atomic mass is 9.83. The number of hydrogen-bond acceptors (Lipinski definition) is 6. The van der Waals surface area contributed by atoms with Crippen LogP contribution in [0.15, 0.2) is 9.90 Å². The number of likely N-dealkylation sites (tertiary alicyclic amines) is 1. The molecule has 28 heavy (non-hydrogen) atoms. The Morgan fingerprint density at radius 3 is 2.96 bits per heavy atom. The molecule has 0 saturated carbocycles. The second kappa shape index (κ2) is 7.34. The molecule has 7 heteroatoms. The molecule has 1 fully saturated rings. The van der Waals surface area contributed by atoms with Crippen LogP contribution >= 0.6 is 11.3 Å². The van der Waals surface area contributed by atoms with Gasteiger partial charge in [-0.25, -0.2) is 0 Å². The summed E-state index contributed by atoms with van der Waals surface area (Å²) in [5.74, 6) is 0.980. The average Bonchev–Trinajstić information content (AvgIpc) is 3.25. The second-order valence-electron chi connectivity index (χ2n) is 8.32. The van der Waals surface area contributed by atoms with Gasteiger partial charge in [0, 0.05) is 48.5 Å². The maximum Gasteiger partial charge on any atom is 0.255 e. The van der Waals surface area contributed by atoms with Gasteiger partial charge in [-0.2, -0.15) is 5.26 Å². The van der Waals surface area contributed by atoms with Gasteiger partial charge in [0.25, 0.3) is 5.91 Å². The highest BCUT2D eigenvalue weighted by Gasteiger charge is 2.35. The SMILES string of the molecule is Cc1noc(C)c1CN1CCc2c(C(=O)N3CCCC(C)(C#N)C3)csc2C1. The van der Waals surface area contributed by atoms with Crippen LogP contribution in [0.5, 0.6) is 0 Å². The fourth-order valence-electron chi connectivity index (χ4n) is 4.32. The number of amides is 1. The van der Waals surface area contributed by atoms with Crippen LogP contribution in [-0.2, 0) is 19.5 Å². The Labute approximate surface area is 169 Å². The van der Waals surface area contributed by atoms with Gasteiger partial charge in [-0.15, -0.1) is 11.3 Å². The van der Waals surface area contributed by atoms with Gasteiger partial charge in [0.05, 0.1) is 22.7 Å². The summed E-state index contributed by atoms with van der Waals surface area (Å²) < 4.78 is 5.29. The third-order valence-electron chi connectivity index (χ3n) is 6.07. The lowest BCUT2D eigenvalue weighted by Crippen LogP contribution is -2.44. The van der Waals surface area contributed by atoms with E-state index in [0.29, 0.717) is 6.54 Å². The first-order valence-electron chi connectivity index (χ1n) is 9.84. The van der Waals surface area contributed by atoms with Gasteiger partial charge < -0.3 is 9.42 Å². The van der Waals surface area contributed by atoms with E-state index in [1.807, 2.05) is 31.1 Å². The minimum absolute atomic E-state index is 0.0952. The maximum atomic E-state index is 13.2. The topological polar surface area (TPSA) is 73.4 Å². The number of rotatable bonds is 3. The molecular weight excluding hydrogens is 372 g/mol. The van der Waals surface area contributed by atoms with Gasteiger partial charge in [-0.05, 0) is 45.6 Å². The van der Waals surface area contributed by atoms with Crippen LogP contribution in [0.2, 0.25) is 0 Å². The normalized spacial score (nSPS) is 22.7. The molecule has 0 spiro atoms. The van der Waals surface area contributed by atoms with Crippen molar-refractivity contribution < 1.29 is 9.32 Å². The quantitative estimate of drug-likeness (QED) is 0.789. The Morgan fingerprint density at radius 2 is 2.25 bits per heavy atom. The van der Waals surface area contributed by atoms with Crippen molar-refractivity contribution in [2.75, 3.05) is 19.6 Å². The average molecular weight is 399 g/mol. The summed E-state index contributed by atoms with van der Waals surface area (Å²) in [5, 5.41) is 15.5. The van der Waals surface area contributed by atoms with Crippen molar-refractivity contribution in [1.29, 1.82) is 5.26 Å². The van der Waals surface area contributed by atoms with Crippen molar-refractivity contribution in [2.45, 2.75) is 53.1 Å². The predicted octanol–water partition coefficient (Wildman–Crippen LogP) is 3.68. The van der Waals surface area contributed by atoms with E-state index in [0.717, 1.165) is 62.5 Å². The minimum Gasteiger partial charge on any atom is -0.361 e. The highest BCUT2D eigenvalue weighted by Crippen LogP contribution is 2.33. The Hall–Kier alpha value is -2.17. The fraction of sp³-hybridized carbons (Fsp3) is 0.571. The van der Waals surface area contributed by atoms with E-state index in [4.69, 9.17) is 4.52 Å². The van der Waals surface area contributed by atoms with E-state index in [1.165, 1.54) is 16.0 Å². The van der Waals surface area contributed by atoms with Gasteiger partial charge in [-0.1, -0.05) is 5.16 Å². The first-order chi connectivity index (χ1) is 13.4. The molecule has 1 unspecified atom stereocenters. The number of piperidine rings is 1. The standard InChI is InChI=1S/C21H26N4O2S/c1-14-17(15(2)27-23-14)9-24-8-5-16-18(11-28-19(16)10-24)20(26)25-7-4-6-21(3,12-22)13-25/h11H,4-10,13H2,1-3H3. The van der Waals surface area contributed by atoms with E-state index in [9.17, 15) is 10.1 Å². The number of thiophene rings is 1. The van der Waals surface area contributed by atoms with Gasteiger partial charge in [0.1, 0.15) is 5.76 Å². The summed E-state index contributed by atoms with van der Waals surface area (Å²) in [7, 11) is 0. The number of hydrogen-bond donors (Lipinski definition) is 0. The van der Waals surface area contributed by atoms with Gasteiger partial charge in [-0.3, -0.25) is 9.69 Å². The summed E-state index contributed by atoms with van der Waals surface area (Å²) >= 11 is 1.68. The number of aromatic nitrogens is 1. The molecule has 4 rings (SSSR count). The summed E-state index contributed by atoms with van der Waals surface area (Å²) in [6, 6.07) is 2.40. The number of carbonyl (C=O) groups excluding carboxylic acids is 1. The largest absolute Gasteiger partial charge is 0.361 e. The third-order valence-corrected chi connectivity index (χ3v) is 7.09. The van der Waals surface area contributed by atoms with Crippen LogP contribution in [0.3, 0.4) is 0 Å². The Morgan fingerprint density at radius 1 is 1.43 bits per heavy atom. The molecule has 0 aliphatic carbocycles. The summed E-state index contributed by atoms with van der Waals surface area (Å²) in [6.07, 6.45) is 2.64. The van der Waals surface area contributed by atoms with E-state index >= 15 is 0 Å². The van der Waals surface area contributed by atoms with Gasteiger partial charge >= 0.3 is 0 Å². The van der Waals surface area contributed by atoms with Crippen LogP contribution in [0.1, 0.15) is 57.6 Å². The molecule has 6 nitrogen and oxygen atoms in total. The fourth-order valence-corrected chi connectivity index (χ4v) is 5.44. The number of aryl methyl sites for hydroxylation is 2. The predicted molar refractivity (Wildman–Crippen MR) is 107 cm³/mol. The van der Waals surface area contributed by atoms with Gasteiger partial charge in [0.15, 0.2) is 0 Å². The number of fused-ring (bicyclic) bond motifs is 1. The van der Waals surface area contributed by atoms with E-state index < -0.39 is 5.41 Å².